The molecule has 0 aliphatic carbocycles. The summed E-state index contributed by atoms with van der Waals surface area (Å²) in [5.74, 6) is -1.83. The Hall–Kier alpha value is -3.47. The lowest BCUT2D eigenvalue weighted by Gasteiger charge is -2.30. The molecule has 0 bridgehead atoms. The van der Waals surface area contributed by atoms with E-state index in [0.29, 0.717) is 16.6 Å². The summed E-state index contributed by atoms with van der Waals surface area (Å²) in [7, 11) is 0. The summed E-state index contributed by atoms with van der Waals surface area (Å²) < 4.78 is 80.2. The zero-order valence-corrected chi connectivity index (χ0v) is 13.9. The highest BCUT2D eigenvalue weighted by atomic mass is 19.4. The molecule has 144 valence electrons. The number of rotatable bonds is 1. The molecular formula is C17H9F6N5. The number of dihydropyridines is 1. The van der Waals surface area contributed by atoms with Crippen LogP contribution in [0.5, 0.6) is 0 Å². The lowest BCUT2D eigenvalue weighted by molar-refractivity contribution is -0.112. The number of hydrogen-bond donors (Lipinski definition) is 2. The molecule has 0 unspecified atom stereocenters. The molecule has 1 aliphatic rings. The minimum atomic E-state index is -5.25. The first-order valence-electron chi connectivity index (χ1n) is 7.63. The van der Waals surface area contributed by atoms with E-state index < -0.39 is 40.8 Å². The maximum atomic E-state index is 13.4. The summed E-state index contributed by atoms with van der Waals surface area (Å²) in [5, 5.41) is 26.9. The number of nitrogens with one attached hydrogen (secondary N) is 2. The van der Waals surface area contributed by atoms with Gasteiger partial charge in [0.2, 0.25) is 0 Å². The van der Waals surface area contributed by atoms with Crippen LogP contribution in [0.25, 0.3) is 10.9 Å². The number of halogens is 6. The molecule has 0 saturated carbocycles. The van der Waals surface area contributed by atoms with Crippen LogP contribution in [0.3, 0.4) is 0 Å². The average molecular weight is 397 g/mol. The molecule has 2 aromatic rings. The van der Waals surface area contributed by atoms with Gasteiger partial charge in [-0.25, -0.2) is 0 Å². The molecule has 28 heavy (non-hydrogen) atoms. The fourth-order valence-corrected chi connectivity index (χ4v) is 3.05. The topological polar surface area (TPSA) is 88.3 Å². The molecule has 1 aromatic heterocycles. The maximum Gasteiger partial charge on any atom is 0.432 e. The van der Waals surface area contributed by atoms with Gasteiger partial charge in [-0.05, 0) is 24.6 Å². The van der Waals surface area contributed by atoms with E-state index in [1.165, 1.54) is 35.7 Å². The highest BCUT2D eigenvalue weighted by molar-refractivity contribution is 5.82. The predicted molar refractivity (Wildman–Crippen MR) is 84.1 cm³/mol. The SMILES string of the molecule is Cc1[nH]nc2ccc(C3C(C#N)=C(C(F)(F)F)NC(C(F)(F)F)=C3C#N)cc12. The number of fused-ring (bicyclic) bond motifs is 1. The summed E-state index contributed by atoms with van der Waals surface area (Å²) in [6.45, 7) is 1.62. The molecule has 0 fully saturated rings. The number of alkyl halides is 6. The summed E-state index contributed by atoms with van der Waals surface area (Å²) in [5.41, 5.74) is -4.80. The average Bonchev–Trinajstić information content (AvgIpc) is 2.98. The molecule has 1 aromatic carbocycles. The van der Waals surface area contributed by atoms with Crippen LogP contribution in [0.2, 0.25) is 0 Å². The lowest BCUT2D eigenvalue weighted by Crippen LogP contribution is -2.39. The Labute approximate surface area is 153 Å². The van der Waals surface area contributed by atoms with Crippen LogP contribution >= 0.6 is 0 Å². The van der Waals surface area contributed by atoms with Gasteiger partial charge in [0, 0.05) is 11.1 Å². The molecule has 2 N–H and O–H groups in total. The predicted octanol–water partition coefficient (Wildman–Crippen LogP) is 4.24. The highest BCUT2D eigenvalue weighted by Crippen LogP contribution is 2.45. The van der Waals surface area contributed by atoms with Crippen LogP contribution in [-0.4, -0.2) is 22.5 Å². The molecule has 11 heteroatoms. The highest BCUT2D eigenvalue weighted by Gasteiger charge is 2.50. The number of allylic oxidation sites excluding steroid dienone is 4. The Morgan fingerprint density at radius 3 is 1.96 bits per heavy atom. The molecule has 3 rings (SSSR count). The van der Waals surface area contributed by atoms with E-state index in [2.05, 4.69) is 10.2 Å². The van der Waals surface area contributed by atoms with Gasteiger partial charge in [0.05, 0.1) is 34.7 Å². The Bertz CT molecular complexity index is 1060. The third-order valence-corrected chi connectivity index (χ3v) is 4.28. The van der Waals surface area contributed by atoms with Crippen LogP contribution in [-0.2, 0) is 0 Å². The van der Waals surface area contributed by atoms with Crippen LogP contribution in [0.1, 0.15) is 17.2 Å². The molecule has 0 saturated heterocycles. The van der Waals surface area contributed by atoms with Crippen molar-refractivity contribution in [2.45, 2.75) is 25.2 Å². The summed E-state index contributed by atoms with van der Waals surface area (Å²) in [6.07, 6.45) is -10.5. The molecule has 0 spiro atoms. The number of benzene rings is 1. The maximum absolute atomic E-state index is 13.4. The second-order valence-electron chi connectivity index (χ2n) is 5.98. The smallest absolute Gasteiger partial charge is 0.346 e. The van der Waals surface area contributed by atoms with Gasteiger partial charge >= 0.3 is 12.4 Å². The van der Waals surface area contributed by atoms with Crippen LogP contribution in [0.15, 0.2) is 40.7 Å². The van der Waals surface area contributed by atoms with Gasteiger partial charge in [-0.2, -0.15) is 42.0 Å². The molecular weight excluding hydrogens is 388 g/mol. The molecule has 5 nitrogen and oxygen atoms in total. The molecule has 2 heterocycles. The van der Waals surface area contributed by atoms with Gasteiger partial charge in [0.25, 0.3) is 0 Å². The number of H-pyrrole nitrogens is 1. The molecule has 0 atom stereocenters. The number of aromatic amines is 1. The zero-order valence-electron chi connectivity index (χ0n) is 13.9. The van der Waals surface area contributed by atoms with E-state index in [1.54, 1.807) is 6.92 Å². The largest absolute Gasteiger partial charge is 0.432 e. The van der Waals surface area contributed by atoms with Crippen molar-refractivity contribution in [2.24, 2.45) is 0 Å². The fourth-order valence-electron chi connectivity index (χ4n) is 3.05. The van der Waals surface area contributed by atoms with Crippen LogP contribution in [0.4, 0.5) is 26.3 Å². The zero-order chi connectivity index (χ0) is 20.9. The third kappa shape index (κ3) is 3.05. The van der Waals surface area contributed by atoms with Crippen molar-refractivity contribution >= 4 is 10.9 Å². The first kappa shape index (κ1) is 19.3. The van der Waals surface area contributed by atoms with Crippen LogP contribution < -0.4 is 5.32 Å². The van der Waals surface area contributed by atoms with E-state index in [0.717, 1.165) is 0 Å². The minimum Gasteiger partial charge on any atom is -0.346 e. The Balaban J connectivity index is 2.36. The van der Waals surface area contributed by atoms with E-state index in [4.69, 9.17) is 0 Å². The number of hydrogen-bond acceptors (Lipinski definition) is 4. The monoisotopic (exact) mass is 397 g/mol. The summed E-state index contributed by atoms with van der Waals surface area (Å²) >= 11 is 0. The van der Waals surface area contributed by atoms with Gasteiger partial charge < -0.3 is 5.32 Å². The summed E-state index contributed by atoms with van der Waals surface area (Å²) in [6, 6.07) is 6.60. The van der Waals surface area contributed by atoms with Gasteiger partial charge in [0.1, 0.15) is 11.4 Å². The van der Waals surface area contributed by atoms with E-state index in [1.807, 2.05) is 0 Å². The normalized spacial score (nSPS) is 16.2. The van der Waals surface area contributed by atoms with Crippen molar-refractivity contribution in [2.75, 3.05) is 0 Å². The van der Waals surface area contributed by atoms with Crippen molar-refractivity contribution in [1.82, 2.24) is 15.5 Å². The quantitative estimate of drug-likeness (QED) is 0.705. The standard InChI is InChI=1S/C17H9F6N5/c1-7-9-4-8(2-3-12(9)28-27-7)13-10(5-24)14(16(18,19)20)26-15(11(13)6-25)17(21,22)23/h2-4,13,26H,1H3,(H,27,28). The first-order chi connectivity index (χ1) is 13.0. The van der Waals surface area contributed by atoms with Gasteiger partial charge in [0.15, 0.2) is 0 Å². The van der Waals surface area contributed by atoms with Crippen molar-refractivity contribution in [3.8, 4) is 12.1 Å². The molecule has 1 aliphatic heterocycles. The number of aromatic nitrogens is 2. The van der Waals surface area contributed by atoms with Crippen molar-refractivity contribution in [3.05, 3.63) is 52.0 Å². The Morgan fingerprint density at radius 1 is 0.964 bits per heavy atom. The van der Waals surface area contributed by atoms with Crippen molar-refractivity contribution < 1.29 is 26.3 Å². The van der Waals surface area contributed by atoms with Gasteiger partial charge in [-0.1, -0.05) is 6.07 Å². The summed E-state index contributed by atoms with van der Waals surface area (Å²) in [4.78, 5) is 0. The third-order valence-electron chi connectivity index (χ3n) is 4.28. The fraction of sp³-hybridized carbons (Fsp3) is 0.235. The van der Waals surface area contributed by atoms with Gasteiger partial charge in [-0.15, -0.1) is 0 Å². The van der Waals surface area contributed by atoms with E-state index >= 15 is 0 Å². The second kappa shape index (κ2) is 6.30. The Morgan fingerprint density at radius 2 is 1.50 bits per heavy atom. The molecule has 0 amide bonds. The van der Waals surface area contributed by atoms with Crippen molar-refractivity contribution in [3.63, 3.8) is 0 Å². The van der Waals surface area contributed by atoms with E-state index in [9.17, 15) is 36.9 Å². The first-order valence-corrected chi connectivity index (χ1v) is 7.63. The molecule has 0 radical (unpaired) electrons. The van der Waals surface area contributed by atoms with Crippen molar-refractivity contribution in [1.29, 1.82) is 10.5 Å². The van der Waals surface area contributed by atoms with Crippen LogP contribution in [0, 0.1) is 29.6 Å². The van der Waals surface area contributed by atoms with E-state index in [-0.39, 0.29) is 5.56 Å². The number of aryl methyl sites for hydroxylation is 1. The second-order valence-corrected chi connectivity index (χ2v) is 5.98. The van der Waals surface area contributed by atoms with Gasteiger partial charge in [-0.3, -0.25) is 5.10 Å². The Kier molecular flexibility index (Phi) is 4.34. The minimum absolute atomic E-state index is 0.0601. The number of nitrogens with zero attached hydrogens (tertiary/aromatic N) is 3. The number of nitriles is 2. The lowest BCUT2D eigenvalue weighted by atomic mass is 9.80.